The molecule has 0 aliphatic heterocycles. The second-order valence-electron chi connectivity index (χ2n) is 5.17. The Bertz CT molecular complexity index is 1080. The monoisotopic (exact) mass is 330 g/mol. The van der Waals surface area contributed by atoms with E-state index in [1.165, 1.54) is 10.6 Å². The van der Waals surface area contributed by atoms with E-state index in [1.54, 1.807) is 6.92 Å². The number of rotatable bonds is 1. The lowest BCUT2D eigenvalue weighted by molar-refractivity contribution is -0.556. The Balaban J connectivity index is 0.00000169. The highest BCUT2D eigenvalue weighted by atomic mass is 19.2. The predicted molar refractivity (Wildman–Crippen MR) is 80.3 cm³/mol. The summed E-state index contributed by atoms with van der Waals surface area (Å²) in [7, 11) is 0. The fourth-order valence-corrected chi connectivity index (χ4v) is 2.62. The Hall–Kier alpha value is -3.13. The van der Waals surface area contributed by atoms with Gasteiger partial charge in [-0.15, -0.1) is 0 Å². The molecule has 2 aromatic heterocycles. The zero-order valence-corrected chi connectivity index (χ0v) is 12.5. The summed E-state index contributed by atoms with van der Waals surface area (Å²) in [5.41, 5.74) is 2.62. The smallest absolute Gasteiger partial charge is 0.361 e. The van der Waals surface area contributed by atoms with Gasteiger partial charge in [0.05, 0.1) is 5.69 Å². The first-order chi connectivity index (χ1) is 11.1. The topological polar surface area (TPSA) is 85.0 Å². The summed E-state index contributed by atoms with van der Waals surface area (Å²) in [6.07, 6.45) is 0. The van der Waals surface area contributed by atoms with E-state index < -0.39 is 11.6 Å². The van der Waals surface area contributed by atoms with Crippen LogP contribution in [0.4, 0.5) is 8.78 Å². The average molecular weight is 330 g/mol. The van der Waals surface area contributed by atoms with Crippen LogP contribution in [0.5, 0.6) is 5.88 Å². The van der Waals surface area contributed by atoms with Crippen molar-refractivity contribution in [3.8, 4) is 11.6 Å². The van der Waals surface area contributed by atoms with E-state index in [0.717, 1.165) is 22.3 Å². The molecule has 0 bridgehead atoms. The first-order valence-corrected chi connectivity index (χ1v) is 6.91. The van der Waals surface area contributed by atoms with Gasteiger partial charge in [-0.3, -0.25) is 0 Å². The van der Waals surface area contributed by atoms with E-state index >= 15 is 0 Å². The highest BCUT2D eigenvalue weighted by Gasteiger charge is 2.26. The quantitative estimate of drug-likeness (QED) is 0.543. The van der Waals surface area contributed by atoms with Crippen LogP contribution < -0.4 is 4.52 Å². The van der Waals surface area contributed by atoms with Gasteiger partial charge in [0.2, 0.25) is 0 Å². The molecule has 0 amide bonds. The van der Waals surface area contributed by atoms with E-state index in [0.29, 0.717) is 16.7 Å². The molecule has 0 fully saturated rings. The number of fused-ring (bicyclic) bond motifs is 3. The second kappa shape index (κ2) is 5.50. The number of hydrogen-bond donors (Lipinski definition) is 1. The Kier molecular flexibility index (Phi) is 3.61. The van der Waals surface area contributed by atoms with Crippen molar-refractivity contribution in [1.82, 2.24) is 14.9 Å². The van der Waals surface area contributed by atoms with Crippen molar-refractivity contribution in [2.75, 3.05) is 0 Å². The van der Waals surface area contributed by atoms with Crippen LogP contribution in [-0.4, -0.2) is 25.5 Å². The first-order valence-electron chi connectivity index (χ1n) is 6.91. The molecule has 0 unspecified atom stereocenters. The third-order valence-electron chi connectivity index (χ3n) is 3.69. The van der Waals surface area contributed by atoms with E-state index in [-0.39, 0.29) is 17.0 Å². The lowest BCUT2D eigenvalue weighted by atomic mass is 10.2. The third-order valence-corrected chi connectivity index (χ3v) is 3.69. The Morgan fingerprint density at radius 2 is 1.83 bits per heavy atom. The molecule has 0 atom stereocenters. The average Bonchev–Trinajstić information content (AvgIpc) is 2.89. The minimum Gasteiger partial charge on any atom is -0.870 e. The summed E-state index contributed by atoms with van der Waals surface area (Å²) in [5.74, 6) is -2.15. The molecule has 24 heavy (non-hydrogen) atoms. The molecule has 0 saturated carbocycles. The largest absolute Gasteiger partial charge is 0.870 e. The molecule has 6 nitrogen and oxygen atoms in total. The molecular weight excluding hydrogens is 318 g/mol. The fraction of sp³-hybridized carbons (Fsp3) is 0.0625. The molecule has 4 rings (SSSR count). The summed E-state index contributed by atoms with van der Waals surface area (Å²) in [6.45, 7) is 1.75. The van der Waals surface area contributed by atoms with Crippen molar-refractivity contribution in [2.45, 2.75) is 6.92 Å². The van der Waals surface area contributed by atoms with Crippen molar-refractivity contribution in [3.63, 3.8) is 0 Å². The fourth-order valence-electron chi connectivity index (χ4n) is 2.62. The minimum atomic E-state index is -1.01. The van der Waals surface area contributed by atoms with Gasteiger partial charge < -0.3 is 10.6 Å². The van der Waals surface area contributed by atoms with Gasteiger partial charge in [0.1, 0.15) is 10.7 Å². The van der Waals surface area contributed by atoms with Gasteiger partial charge in [-0.05, 0) is 31.2 Å². The summed E-state index contributed by atoms with van der Waals surface area (Å²) in [5, 5.41) is 14.8. The van der Waals surface area contributed by atoms with Crippen molar-refractivity contribution in [3.05, 3.63) is 59.8 Å². The lowest BCUT2D eigenvalue weighted by Gasteiger charge is -1.96. The normalized spacial score (nSPS) is 11.0. The molecule has 122 valence electrons. The summed E-state index contributed by atoms with van der Waals surface area (Å²) >= 11 is 0. The lowest BCUT2D eigenvalue weighted by Crippen LogP contribution is -2.27. The minimum absolute atomic E-state index is 0. The number of aryl methyl sites for hydroxylation is 1. The molecule has 0 radical (unpaired) electrons. The second-order valence-corrected chi connectivity index (χ2v) is 5.17. The van der Waals surface area contributed by atoms with Crippen LogP contribution in [0.2, 0.25) is 0 Å². The maximum absolute atomic E-state index is 13.5. The van der Waals surface area contributed by atoms with Crippen LogP contribution in [0.1, 0.15) is 5.69 Å². The maximum Gasteiger partial charge on any atom is 0.361 e. The van der Waals surface area contributed by atoms with Crippen LogP contribution in [0.15, 0.2) is 42.5 Å². The highest BCUT2D eigenvalue weighted by molar-refractivity contribution is 5.74. The predicted octanol–water partition coefficient (Wildman–Crippen LogP) is 2.27. The number of hydrogen-bond acceptors (Lipinski definition) is 4. The Morgan fingerprint density at radius 3 is 2.58 bits per heavy atom. The maximum atomic E-state index is 13.5. The molecule has 2 aromatic carbocycles. The molecule has 2 N–H and O–H groups in total. The Morgan fingerprint density at radius 1 is 1.08 bits per heavy atom. The molecule has 0 saturated heterocycles. The van der Waals surface area contributed by atoms with Crippen LogP contribution in [0.3, 0.4) is 0 Å². The van der Waals surface area contributed by atoms with Crippen molar-refractivity contribution < 1.29 is 23.9 Å². The molecule has 0 aliphatic rings. The van der Waals surface area contributed by atoms with Gasteiger partial charge in [0.15, 0.2) is 22.8 Å². The molecule has 8 heteroatoms. The molecule has 2 heterocycles. The summed E-state index contributed by atoms with van der Waals surface area (Å²) in [6, 6.07) is 10.7. The van der Waals surface area contributed by atoms with Gasteiger partial charge in [-0.2, -0.15) is 0 Å². The standard InChI is InChI=1S/C16H10F2N4O.H2O/c1-9-15-16(23)21(10-6-7-11(17)12(18)8-10)20-22(15)14-5-3-2-4-13(14)19-9;/h2-8H,1H3;1H2. The first kappa shape index (κ1) is 15.8. The number of nitrogens with zero attached hydrogens (tertiary/aromatic N) is 4. The van der Waals surface area contributed by atoms with Crippen LogP contribution in [-0.2, 0) is 0 Å². The summed E-state index contributed by atoms with van der Waals surface area (Å²) in [4.78, 5) is 4.44. The van der Waals surface area contributed by atoms with Crippen LogP contribution in [0, 0.1) is 18.6 Å². The van der Waals surface area contributed by atoms with E-state index in [2.05, 4.69) is 10.2 Å². The number of aromatic nitrogens is 4. The van der Waals surface area contributed by atoms with Crippen LogP contribution in [0.25, 0.3) is 22.2 Å². The molecular formula is C16H12F2N4O2. The van der Waals surface area contributed by atoms with Gasteiger partial charge in [0, 0.05) is 6.07 Å². The number of benzene rings is 2. The Labute approximate surface area is 134 Å². The zero-order valence-electron chi connectivity index (χ0n) is 12.5. The molecule has 0 spiro atoms. The number of halogens is 2. The third kappa shape index (κ3) is 2.16. The molecule has 4 aromatic rings. The molecule has 0 aliphatic carbocycles. The van der Waals surface area contributed by atoms with E-state index in [1.807, 2.05) is 24.3 Å². The van der Waals surface area contributed by atoms with Gasteiger partial charge in [-0.25, -0.2) is 13.8 Å². The van der Waals surface area contributed by atoms with E-state index in [4.69, 9.17) is 0 Å². The van der Waals surface area contributed by atoms with Crippen molar-refractivity contribution in [1.29, 1.82) is 0 Å². The zero-order chi connectivity index (χ0) is 16.1. The van der Waals surface area contributed by atoms with Crippen molar-refractivity contribution >= 4 is 16.6 Å². The van der Waals surface area contributed by atoms with Gasteiger partial charge in [-0.1, -0.05) is 21.3 Å². The SMILES string of the molecule is Cc1nc2ccccc2[n+]2nn(-c3ccc(F)c(F)c3)c(O)c12.[OH-]. The number of aromatic hydroxyl groups is 1. The van der Waals surface area contributed by atoms with Gasteiger partial charge >= 0.3 is 5.88 Å². The van der Waals surface area contributed by atoms with Crippen molar-refractivity contribution in [2.24, 2.45) is 0 Å². The van der Waals surface area contributed by atoms with Gasteiger partial charge in [0.25, 0.3) is 5.52 Å². The highest BCUT2D eigenvalue weighted by Crippen LogP contribution is 2.24. The van der Waals surface area contributed by atoms with Crippen LogP contribution >= 0.6 is 0 Å². The number of para-hydroxylation sites is 2. The summed E-state index contributed by atoms with van der Waals surface area (Å²) < 4.78 is 29.3. The van der Waals surface area contributed by atoms with E-state index in [9.17, 15) is 13.9 Å².